The molecule has 0 heterocycles. The molecule has 0 spiro atoms. The van der Waals surface area contributed by atoms with Gasteiger partial charge in [-0.2, -0.15) is 0 Å². The Hall–Kier alpha value is -0.410. The highest BCUT2D eigenvalue weighted by molar-refractivity contribution is 5.84. The van der Waals surface area contributed by atoms with Crippen molar-refractivity contribution in [3.63, 3.8) is 0 Å². The molecule has 5 saturated carbocycles. The van der Waals surface area contributed by atoms with Crippen molar-refractivity contribution < 1.29 is 15.0 Å². The molecule has 0 aromatic rings. The number of hydrogen-bond acceptors (Lipinski definition) is 3. The number of Topliss-reactive ketones (excluding diaryl/α,β-unsaturated/α-hetero) is 1. The molecule has 0 aliphatic heterocycles. The minimum atomic E-state index is -0.444. The van der Waals surface area contributed by atoms with Crippen LogP contribution in [-0.2, 0) is 4.79 Å². The van der Waals surface area contributed by atoms with Crippen LogP contribution in [0.25, 0.3) is 0 Å². The first-order valence-electron chi connectivity index (χ1n) is 14.4. The molecule has 0 aromatic heterocycles. The fourth-order valence-electron chi connectivity index (χ4n) is 9.94. The molecule has 8 unspecified atom stereocenters. The topological polar surface area (TPSA) is 57.5 Å². The minimum Gasteiger partial charge on any atom is -0.393 e. The summed E-state index contributed by atoms with van der Waals surface area (Å²) in [4.78, 5) is 13.8. The highest BCUT2D eigenvalue weighted by Gasteiger charge is 2.63. The van der Waals surface area contributed by atoms with Gasteiger partial charge in [0.1, 0.15) is 5.78 Å². The molecule has 0 saturated heterocycles. The molecule has 5 aliphatic carbocycles. The van der Waals surface area contributed by atoms with Crippen LogP contribution in [0, 0.1) is 45.8 Å². The van der Waals surface area contributed by atoms with Gasteiger partial charge < -0.3 is 10.2 Å². The average molecular weight is 459 g/mol. The molecular weight excluding hydrogens is 408 g/mol. The largest absolute Gasteiger partial charge is 0.393 e. The Labute approximate surface area is 202 Å². The number of fused-ring (bicyclic) bond motifs is 5. The Morgan fingerprint density at radius 3 is 2.33 bits per heavy atom. The maximum absolute atomic E-state index is 13.8. The molecule has 0 amide bonds. The molecule has 5 aliphatic rings. The lowest BCUT2D eigenvalue weighted by atomic mass is 9.44. The van der Waals surface area contributed by atoms with Crippen molar-refractivity contribution in [3.8, 4) is 0 Å². The molecular formula is C30H50O3. The van der Waals surface area contributed by atoms with Crippen LogP contribution in [-0.4, -0.2) is 27.7 Å². The quantitative estimate of drug-likeness (QED) is 0.493. The van der Waals surface area contributed by atoms with E-state index in [0.29, 0.717) is 34.9 Å². The molecule has 8 atom stereocenters. The van der Waals surface area contributed by atoms with E-state index >= 15 is 0 Å². The van der Waals surface area contributed by atoms with Gasteiger partial charge in [-0.1, -0.05) is 34.1 Å². The van der Waals surface area contributed by atoms with Gasteiger partial charge in [0.25, 0.3) is 0 Å². The van der Waals surface area contributed by atoms with E-state index in [0.717, 1.165) is 64.2 Å². The van der Waals surface area contributed by atoms with Crippen LogP contribution in [0.1, 0.15) is 124 Å². The normalized spacial score (nSPS) is 48.6. The highest BCUT2D eigenvalue weighted by atomic mass is 16.3. The van der Waals surface area contributed by atoms with Crippen molar-refractivity contribution >= 4 is 5.78 Å². The van der Waals surface area contributed by atoms with E-state index in [1.807, 2.05) is 0 Å². The van der Waals surface area contributed by atoms with Crippen molar-refractivity contribution in [2.45, 2.75) is 136 Å². The predicted molar refractivity (Wildman–Crippen MR) is 133 cm³/mol. The summed E-state index contributed by atoms with van der Waals surface area (Å²) in [5.41, 5.74) is 0.243. The Morgan fingerprint density at radius 2 is 1.61 bits per heavy atom. The molecule has 0 bridgehead atoms. The Morgan fingerprint density at radius 1 is 0.879 bits per heavy atom. The minimum absolute atomic E-state index is 0.122. The second kappa shape index (κ2) is 8.32. The summed E-state index contributed by atoms with van der Waals surface area (Å²) in [7, 11) is 0. The van der Waals surface area contributed by atoms with Crippen molar-refractivity contribution in [1.29, 1.82) is 0 Å². The summed E-state index contributed by atoms with van der Waals surface area (Å²) in [6.07, 6.45) is 15.9. The Kier molecular flexibility index (Phi) is 6.13. The lowest BCUT2D eigenvalue weighted by molar-refractivity contribution is -0.161. The van der Waals surface area contributed by atoms with E-state index in [4.69, 9.17) is 0 Å². The molecule has 0 aromatic carbocycles. The fourth-order valence-corrected chi connectivity index (χ4v) is 9.94. The molecule has 3 heteroatoms. The third kappa shape index (κ3) is 4.15. The van der Waals surface area contributed by atoms with E-state index < -0.39 is 5.60 Å². The maximum atomic E-state index is 13.8. The molecule has 5 rings (SSSR count). The van der Waals surface area contributed by atoms with Crippen LogP contribution in [0.5, 0.6) is 0 Å². The number of carbonyl (C=O) groups is 1. The first-order valence-corrected chi connectivity index (χ1v) is 14.4. The van der Waals surface area contributed by atoms with Gasteiger partial charge in [0.05, 0.1) is 11.7 Å². The van der Waals surface area contributed by atoms with Crippen molar-refractivity contribution in [3.05, 3.63) is 0 Å². The van der Waals surface area contributed by atoms with E-state index in [2.05, 4.69) is 27.7 Å². The van der Waals surface area contributed by atoms with Gasteiger partial charge in [-0.25, -0.2) is 0 Å². The molecule has 2 N–H and O–H groups in total. The second-order valence-electron chi connectivity index (χ2n) is 14.7. The zero-order valence-corrected chi connectivity index (χ0v) is 21.9. The van der Waals surface area contributed by atoms with Crippen molar-refractivity contribution in [1.82, 2.24) is 0 Å². The number of ketones is 1. The highest BCUT2D eigenvalue weighted by Crippen LogP contribution is 2.67. The van der Waals surface area contributed by atoms with Gasteiger partial charge in [0.15, 0.2) is 0 Å². The first-order chi connectivity index (χ1) is 15.5. The maximum Gasteiger partial charge on any atom is 0.137 e. The van der Waals surface area contributed by atoms with Crippen molar-refractivity contribution in [2.24, 2.45) is 45.8 Å². The first kappa shape index (κ1) is 24.3. The van der Waals surface area contributed by atoms with E-state index in [1.165, 1.54) is 32.1 Å². The van der Waals surface area contributed by atoms with Gasteiger partial charge in [-0.15, -0.1) is 0 Å². The van der Waals surface area contributed by atoms with Crippen LogP contribution in [0.3, 0.4) is 0 Å². The Balaban J connectivity index is 1.24. The summed E-state index contributed by atoms with van der Waals surface area (Å²) < 4.78 is 0. The summed E-state index contributed by atoms with van der Waals surface area (Å²) in [6.45, 7) is 9.53. The smallest absolute Gasteiger partial charge is 0.137 e. The standard InChI is InChI=1S/C30H50O3/c1-27(2)14-16-30(33,17-15-27)12-5-6-20-8-10-24-23-9-7-21-18-22(31)11-13-28(21,3)26(23)25(32)19-29(20,24)4/h20-24,26,31,33H,5-19H2,1-4H3. The fraction of sp³-hybridized carbons (Fsp3) is 0.967. The SMILES string of the molecule is CC1(C)CCC(O)(CCCC2CCC3C4CCC5CC(O)CCC5(C)C4C(=O)CC23C)CC1. The average Bonchev–Trinajstić information content (AvgIpc) is 3.07. The Bertz CT molecular complexity index is 748. The third-order valence-electron chi connectivity index (χ3n) is 12.2. The van der Waals surface area contributed by atoms with Crippen LogP contribution in [0.2, 0.25) is 0 Å². The van der Waals surface area contributed by atoms with Gasteiger partial charge in [0, 0.05) is 12.3 Å². The number of carbonyl (C=O) groups excluding carboxylic acids is 1. The lowest BCUT2D eigenvalue weighted by Crippen LogP contribution is -2.57. The van der Waals surface area contributed by atoms with E-state index in [1.54, 1.807) is 0 Å². The molecule has 5 fully saturated rings. The second-order valence-corrected chi connectivity index (χ2v) is 14.7. The van der Waals surface area contributed by atoms with Crippen LogP contribution >= 0.6 is 0 Å². The summed E-state index contributed by atoms with van der Waals surface area (Å²) >= 11 is 0. The van der Waals surface area contributed by atoms with Crippen LogP contribution in [0.15, 0.2) is 0 Å². The van der Waals surface area contributed by atoms with Gasteiger partial charge in [-0.3, -0.25) is 4.79 Å². The van der Waals surface area contributed by atoms with Gasteiger partial charge in [0.2, 0.25) is 0 Å². The molecule has 0 radical (unpaired) electrons. The lowest BCUT2D eigenvalue weighted by Gasteiger charge is -2.60. The zero-order chi connectivity index (χ0) is 23.6. The number of aliphatic hydroxyl groups is 2. The summed E-state index contributed by atoms with van der Waals surface area (Å²) in [5.74, 6) is 3.26. The van der Waals surface area contributed by atoms with Crippen LogP contribution in [0.4, 0.5) is 0 Å². The van der Waals surface area contributed by atoms with Gasteiger partial charge >= 0.3 is 0 Å². The van der Waals surface area contributed by atoms with E-state index in [9.17, 15) is 15.0 Å². The molecule has 3 nitrogen and oxygen atoms in total. The van der Waals surface area contributed by atoms with Crippen LogP contribution < -0.4 is 0 Å². The summed E-state index contributed by atoms with van der Waals surface area (Å²) in [5, 5.41) is 21.4. The number of hydrogen-bond donors (Lipinski definition) is 2. The summed E-state index contributed by atoms with van der Waals surface area (Å²) in [6, 6.07) is 0. The van der Waals surface area contributed by atoms with Gasteiger partial charge in [-0.05, 0) is 123 Å². The number of aliphatic hydroxyl groups excluding tert-OH is 1. The van der Waals surface area contributed by atoms with E-state index in [-0.39, 0.29) is 22.9 Å². The monoisotopic (exact) mass is 458 g/mol. The molecule has 33 heavy (non-hydrogen) atoms. The van der Waals surface area contributed by atoms with Crippen molar-refractivity contribution in [2.75, 3.05) is 0 Å². The predicted octanol–water partition coefficient (Wildman–Crippen LogP) is 6.69. The molecule has 188 valence electrons. The number of rotatable bonds is 4. The zero-order valence-electron chi connectivity index (χ0n) is 21.9. The third-order valence-corrected chi connectivity index (χ3v) is 12.2.